The number of fused-ring (bicyclic) bond motifs is 4. The Labute approximate surface area is 145 Å². The van der Waals surface area contributed by atoms with Crippen molar-refractivity contribution in [2.75, 3.05) is 0 Å². The van der Waals surface area contributed by atoms with Gasteiger partial charge in [0.15, 0.2) is 5.78 Å². The predicted octanol–water partition coefficient (Wildman–Crippen LogP) is 6.24. The SMILES string of the molecule is CCCC1(CCC)c2ccccc2-c2cc3c(cc21)C(=O)CC3C. The Bertz CT molecular complexity index is 809. The number of benzene rings is 2. The topological polar surface area (TPSA) is 17.1 Å². The van der Waals surface area contributed by atoms with E-state index in [0.717, 1.165) is 31.2 Å². The Kier molecular flexibility index (Phi) is 3.63. The molecule has 0 radical (unpaired) electrons. The molecule has 1 atom stereocenters. The molecule has 0 aliphatic heterocycles. The van der Waals surface area contributed by atoms with Gasteiger partial charge in [-0.2, -0.15) is 0 Å². The van der Waals surface area contributed by atoms with E-state index < -0.39 is 0 Å². The third kappa shape index (κ3) is 1.97. The summed E-state index contributed by atoms with van der Waals surface area (Å²) in [7, 11) is 0. The molecule has 0 N–H and O–H groups in total. The summed E-state index contributed by atoms with van der Waals surface area (Å²) in [5.74, 6) is 0.690. The van der Waals surface area contributed by atoms with Crippen molar-refractivity contribution in [1.29, 1.82) is 0 Å². The highest BCUT2D eigenvalue weighted by Crippen LogP contribution is 2.55. The van der Waals surface area contributed by atoms with E-state index in [2.05, 4.69) is 57.2 Å². The maximum Gasteiger partial charge on any atom is 0.163 e. The number of hydrogen-bond donors (Lipinski definition) is 0. The second kappa shape index (κ2) is 5.58. The Balaban J connectivity index is 2.03. The van der Waals surface area contributed by atoms with Crippen LogP contribution in [0.15, 0.2) is 36.4 Å². The summed E-state index contributed by atoms with van der Waals surface area (Å²) in [4.78, 5) is 12.5. The van der Waals surface area contributed by atoms with Crippen LogP contribution in [0.3, 0.4) is 0 Å². The highest BCUT2D eigenvalue weighted by atomic mass is 16.1. The van der Waals surface area contributed by atoms with E-state index in [1.54, 1.807) is 0 Å². The fraction of sp³-hybridized carbons (Fsp3) is 0.435. The van der Waals surface area contributed by atoms with Crippen LogP contribution in [0.1, 0.15) is 85.8 Å². The molecule has 24 heavy (non-hydrogen) atoms. The molecule has 0 heterocycles. The summed E-state index contributed by atoms with van der Waals surface area (Å²) < 4.78 is 0. The van der Waals surface area contributed by atoms with Gasteiger partial charge in [-0.1, -0.05) is 57.9 Å². The van der Waals surface area contributed by atoms with E-state index in [-0.39, 0.29) is 5.41 Å². The average molecular weight is 318 g/mol. The zero-order valence-electron chi connectivity index (χ0n) is 15.0. The number of carbonyl (C=O) groups excluding carboxylic acids is 1. The van der Waals surface area contributed by atoms with Gasteiger partial charge in [-0.25, -0.2) is 0 Å². The van der Waals surface area contributed by atoms with Crippen molar-refractivity contribution >= 4 is 5.78 Å². The fourth-order valence-electron chi connectivity index (χ4n) is 5.18. The summed E-state index contributed by atoms with van der Waals surface area (Å²) in [6.45, 7) is 6.74. The first-order valence-electron chi connectivity index (χ1n) is 9.44. The zero-order chi connectivity index (χ0) is 16.9. The minimum absolute atomic E-state index is 0.0938. The molecule has 0 amide bonds. The van der Waals surface area contributed by atoms with Crippen LogP contribution in [-0.4, -0.2) is 5.78 Å². The summed E-state index contributed by atoms with van der Waals surface area (Å²) >= 11 is 0. The Morgan fingerprint density at radius 3 is 2.38 bits per heavy atom. The zero-order valence-corrected chi connectivity index (χ0v) is 15.0. The van der Waals surface area contributed by atoms with E-state index in [1.807, 2.05) is 0 Å². The molecule has 2 aromatic rings. The smallest absolute Gasteiger partial charge is 0.163 e. The lowest BCUT2D eigenvalue weighted by Gasteiger charge is -2.32. The molecule has 4 rings (SSSR count). The summed E-state index contributed by atoms with van der Waals surface area (Å²) in [6.07, 6.45) is 5.32. The van der Waals surface area contributed by atoms with Crippen LogP contribution in [0.4, 0.5) is 0 Å². The van der Waals surface area contributed by atoms with Crippen molar-refractivity contribution in [2.24, 2.45) is 0 Å². The lowest BCUT2D eigenvalue weighted by molar-refractivity contribution is 0.0990. The van der Waals surface area contributed by atoms with Crippen LogP contribution in [-0.2, 0) is 5.41 Å². The second-order valence-corrected chi connectivity index (χ2v) is 7.64. The number of rotatable bonds is 4. The van der Waals surface area contributed by atoms with Crippen molar-refractivity contribution < 1.29 is 4.79 Å². The third-order valence-electron chi connectivity index (χ3n) is 6.11. The number of ketones is 1. The van der Waals surface area contributed by atoms with Gasteiger partial charge in [0, 0.05) is 17.4 Å². The van der Waals surface area contributed by atoms with Gasteiger partial charge in [0.05, 0.1) is 0 Å². The minimum atomic E-state index is 0.0938. The van der Waals surface area contributed by atoms with E-state index in [0.29, 0.717) is 18.1 Å². The van der Waals surface area contributed by atoms with E-state index in [9.17, 15) is 4.79 Å². The molecular formula is C23H26O. The van der Waals surface area contributed by atoms with Crippen molar-refractivity contribution in [1.82, 2.24) is 0 Å². The predicted molar refractivity (Wildman–Crippen MR) is 99.8 cm³/mol. The van der Waals surface area contributed by atoms with Gasteiger partial charge in [-0.05, 0) is 58.7 Å². The lowest BCUT2D eigenvalue weighted by Crippen LogP contribution is -2.25. The largest absolute Gasteiger partial charge is 0.294 e. The van der Waals surface area contributed by atoms with E-state index >= 15 is 0 Å². The molecule has 1 unspecified atom stereocenters. The first-order chi connectivity index (χ1) is 11.6. The van der Waals surface area contributed by atoms with Gasteiger partial charge >= 0.3 is 0 Å². The molecular weight excluding hydrogens is 292 g/mol. The molecule has 0 aromatic heterocycles. The number of hydrogen-bond acceptors (Lipinski definition) is 1. The van der Waals surface area contributed by atoms with Gasteiger partial charge in [0.25, 0.3) is 0 Å². The normalized spacial score (nSPS) is 20.0. The average Bonchev–Trinajstić information content (AvgIpc) is 3.01. The molecule has 2 aliphatic carbocycles. The van der Waals surface area contributed by atoms with Crippen LogP contribution >= 0.6 is 0 Å². The molecule has 1 heteroatoms. The molecule has 0 saturated heterocycles. The van der Waals surface area contributed by atoms with E-state index in [1.165, 1.54) is 27.8 Å². The molecule has 0 spiro atoms. The van der Waals surface area contributed by atoms with Crippen molar-refractivity contribution in [3.63, 3.8) is 0 Å². The maximum absolute atomic E-state index is 12.5. The Morgan fingerprint density at radius 2 is 1.67 bits per heavy atom. The second-order valence-electron chi connectivity index (χ2n) is 7.64. The Morgan fingerprint density at radius 1 is 0.958 bits per heavy atom. The van der Waals surface area contributed by atoms with Crippen molar-refractivity contribution in [3.8, 4) is 11.1 Å². The van der Waals surface area contributed by atoms with Crippen LogP contribution in [0.5, 0.6) is 0 Å². The van der Waals surface area contributed by atoms with Crippen LogP contribution in [0, 0.1) is 0 Å². The lowest BCUT2D eigenvalue weighted by atomic mass is 9.71. The first-order valence-corrected chi connectivity index (χ1v) is 9.44. The minimum Gasteiger partial charge on any atom is -0.294 e. The van der Waals surface area contributed by atoms with Crippen LogP contribution in [0.25, 0.3) is 11.1 Å². The highest BCUT2D eigenvalue weighted by molar-refractivity contribution is 6.03. The fourth-order valence-corrected chi connectivity index (χ4v) is 5.18. The maximum atomic E-state index is 12.5. The van der Waals surface area contributed by atoms with Gasteiger partial charge in [-0.3, -0.25) is 4.79 Å². The summed E-state index contributed by atoms with van der Waals surface area (Å²) in [6, 6.07) is 13.5. The molecule has 2 aliphatic rings. The molecule has 1 nitrogen and oxygen atoms in total. The molecule has 0 bridgehead atoms. The van der Waals surface area contributed by atoms with Crippen molar-refractivity contribution in [3.05, 3.63) is 58.7 Å². The molecule has 2 aromatic carbocycles. The highest BCUT2D eigenvalue weighted by Gasteiger charge is 2.43. The molecule has 124 valence electrons. The van der Waals surface area contributed by atoms with Crippen LogP contribution in [0.2, 0.25) is 0 Å². The molecule has 0 fully saturated rings. The number of carbonyl (C=O) groups is 1. The van der Waals surface area contributed by atoms with Crippen molar-refractivity contribution in [2.45, 2.75) is 64.2 Å². The summed E-state index contributed by atoms with van der Waals surface area (Å²) in [5, 5.41) is 0. The van der Waals surface area contributed by atoms with Gasteiger partial charge in [0.2, 0.25) is 0 Å². The quantitative estimate of drug-likeness (QED) is 0.652. The first kappa shape index (κ1) is 15.6. The third-order valence-corrected chi connectivity index (χ3v) is 6.11. The molecule has 0 saturated carbocycles. The van der Waals surface area contributed by atoms with Gasteiger partial charge in [-0.15, -0.1) is 0 Å². The standard InChI is InChI=1S/C23H26O/c1-4-10-23(11-5-2)20-9-7-6-8-16(20)18-13-17-15(3)12-22(24)19(17)14-21(18)23/h6-9,13-15H,4-5,10-12H2,1-3H3. The summed E-state index contributed by atoms with van der Waals surface area (Å²) in [5.41, 5.74) is 8.01. The van der Waals surface area contributed by atoms with Gasteiger partial charge in [0.1, 0.15) is 0 Å². The van der Waals surface area contributed by atoms with Gasteiger partial charge < -0.3 is 0 Å². The monoisotopic (exact) mass is 318 g/mol. The number of Topliss-reactive ketones (excluding diaryl/α,β-unsaturated/α-hetero) is 1. The van der Waals surface area contributed by atoms with Crippen LogP contribution < -0.4 is 0 Å². The van der Waals surface area contributed by atoms with E-state index in [4.69, 9.17) is 0 Å². The Hall–Kier alpha value is -1.89.